The van der Waals surface area contributed by atoms with Crippen LogP contribution in [0.25, 0.3) is 5.70 Å². The van der Waals surface area contributed by atoms with Crippen molar-refractivity contribution in [3.05, 3.63) is 47.3 Å². The van der Waals surface area contributed by atoms with E-state index in [2.05, 4.69) is 41.0 Å². The third-order valence-corrected chi connectivity index (χ3v) is 5.52. The summed E-state index contributed by atoms with van der Waals surface area (Å²) in [7, 11) is 0. The average molecular weight is 356 g/mol. The summed E-state index contributed by atoms with van der Waals surface area (Å²) in [6, 6.07) is 1.96. The zero-order chi connectivity index (χ0) is 17.2. The Morgan fingerprint density at radius 1 is 1.36 bits per heavy atom. The maximum atomic E-state index is 5.82. The fraction of sp³-hybridized carbons (Fsp3) is 0.474. The monoisotopic (exact) mass is 356 g/mol. The van der Waals surface area contributed by atoms with Crippen LogP contribution in [0, 0.1) is 0 Å². The van der Waals surface area contributed by atoms with Gasteiger partial charge in [-0.05, 0) is 38.8 Å². The van der Waals surface area contributed by atoms with Crippen LogP contribution in [0.5, 0.6) is 0 Å². The molecule has 2 aromatic heterocycles. The first-order chi connectivity index (χ1) is 12.2. The van der Waals surface area contributed by atoms with Crippen LogP contribution in [-0.2, 0) is 11.2 Å². The Hall–Kier alpha value is -1.92. The summed E-state index contributed by atoms with van der Waals surface area (Å²) in [6.07, 6.45) is 14.2. The highest BCUT2D eigenvalue weighted by Crippen LogP contribution is 2.31. The van der Waals surface area contributed by atoms with Gasteiger partial charge in [-0.1, -0.05) is 11.6 Å². The molecule has 4 rings (SSSR count). The zero-order valence-corrected chi connectivity index (χ0v) is 15.6. The number of hydrogen-bond donors (Lipinski definition) is 0. The van der Waals surface area contributed by atoms with Gasteiger partial charge in [0.15, 0.2) is 5.13 Å². The van der Waals surface area contributed by atoms with Crippen LogP contribution in [0.15, 0.2) is 42.4 Å². The number of aromatic nitrogens is 3. The van der Waals surface area contributed by atoms with Crippen LogP contribution in [0.2, 0.25) is 0 Å². The number of ether oxygens (including phenoxy) is 1. The maximum Gasteiger partial charge on any atom is 0.185 e. The van der Waals surface area contributed by atoms with Crippen molar-refractivity contribution in [3.8, 4) is 0 Å². The highest BCUT2D eigenvalue weighted by molar-refractivity contribution is 7.15. The second kappa shape index (κ2) is 7.14. The third-order valence-electron chi connectivity index (χ3n) is 4.47. The molecule has 6 heteroatoms. The SMILES string of the molecule is CC(C)OC1CN(c2ncc(CC3=CC(n4cccn4)=CCC3)s2)C1. The van der Waals surface area contributed by atoms with Crippen molar-refractivity contribution in [3.63, 3.8) is 0 Å². The second-order valence-corrected chi connectivity index (χ2v) is 8.01. The van der Waals surface area contributed by atoms with Crippen molar-refractivity contribution in [2.45, 2.75) is 45.3 Å². The summed E-state index contributed by atoms with van der Waals surface area (Å²) < 4.78 is 7.76. The lowest BCUT2D eigenvalue weighted by molar-refractivity contribution is -0.00719. The molecule has 1 aliphatic heterocycles. The van der Waals surface area contributed by atoms with Crippen LogP contribution >= 0.6 is 11.3 Å². The van der Waals surface area contributed by atoms with E-state index in [0.29, 0.717) is 12.2 Å². The first-order valence-corrected chi connectivity index (χ1v) is 9.74. The number of nitrogens with zero attached hydrogens (tertiary/aromatic N) is 4. The lowest BCUT2D eigenvalue weighted by Crippen LogP contribution is -2.53. The van der Waals surface area contributed by atoms with Crippen LogP contribution in [0.4, 0.5) is 5.13 Å². The van der Waals surface area contributed by atoms with E-state index in [0.717, 1.165) is 37.5 Å². The fourth-order valence-corrected chi connectivity index (χ4v) is 4.26. The molecule has 0 bridgehead atoms. The van der Waals surface area contributed by atoms with E-state index in [1.165, 1.54) is 16.1 Å². The Morgan fingerprint density at radius 2 is 2.24 bits per heavy atom. The van der Waals surface area contributed by atoms with Gasteiger partial charge in [-0.3, -0.25) is 0 Å². The molecule has 1 fully saturated rings. The van der Waals surface area contributed by atoms with Crippen LogP contribution in [0.1, 0.15) is 31.6 Å². The Labute approximate surface area is 152 Å². The minimum absolute atomic E-state index is 0.300. The molecule has 0 atom stereocenters. The molecule has 2 aromatic rings. The first-order valence-electron chi connectivity index (χ1n) is 8.92. The van der Waals surface area contributed by atoms with Crippen LogP contribution in [0.3, 0.4) is 0 Å². The lowest BCUT2D eigenvalue weighted by atomic mass is 10.00. The summed E-state index contributed by atoms with van der Waals surface area (Å²) >= 11 is 1.81. The van der Waals surface area contributed by atoms with Gasteiger partial charge < -0.3 is 9.64 Å². The van der Waals surface area contributed by atoms with Gasteiger partial charge in [0, 0.05) is 43.0 Å². The molecule has 25 heavy (non-hydrogen) atoms. The summed E-state index contributed by atoms with van der Waals surface area (Å²) in [5, 5.41) is 5.45. The van der Waals surface area contributed by atoms with E-state index in [-0.39, 0.29) is 0 Å². The van der Waals surface area contributed by atoms with Gasteiger partial charge >= 0.3 is 0 Å². The van der Waals surface area contributed by atoms with Crippen molar-refractivity contribution in [2.75, 3.05) is 18.0 Å². The highest BCUT2D eigenvalue weighted by Gasteiger charge is 2.30. The minimum atomic E-state index is 0.300. The Balaban J connectivity index is 1.36. The van der Waals surface area contributed by atoms with Crippen LogP contribution < -0.4 is 4.90 Å². The molecule has 0 N–H and O–H groups in total. The van der Waals surface area contributed by atoms with Gasteiger partial charge in [-0.15, -0.1) is 11.3 Å². The normalized spacial score (nSPS) is 18.3. The predicted octanol–water partition coefficient (Wildman–Crippen LogP) is 3.76. The number of anilines is 1. The molecule has 0 radical (unpaired) electrons. The van der Waals surface area contributed by atoms with E-state index < -0.39 is 0 Å². The quantitative estimate of drug-likeness (QED) is 0.790. The molecule has 2 aliphatic rings. The largest absolute Gasteiger partial charge is 0.372 e. The molecule has 3 heterocycles. The molecule has 132 valence electrons. The molecule has 0 unspecified atom stereocenters. The predicted molar refractivity (Wildman–Crippen MR) is 102 cm³/mol. The molecule has 1 aliphatic carbocycles. The molecule has 0 saturated carbocycles. The smallest absolute Gasteiger partial charge is 0.185 e. The Kier molecular flexibility index (Phi) is 4.72. The molecular formula is C19H24N4OS. The molecule has 0 amide bonds. The fourth-order valence-electron chi connectivity index (χ4n) is 3.28. The highest BCUT2D eigenvalue weighted by atomic mass is 32.1. The first kappa shape index (κ1) is 16.5. The molecular weight excluding hydrogens is 332 g/mol. The van der Waals surface area contributed by atoms with Gasteiger partial charge in [-0.25, -0.2) is 9.67 Å². The van der Waals surface area contributed by atoms with Gasteiger partial charge in [-0.2, -0.15) is 5.10 Å². The molecule has 0 aromatic carbocycles. The van der Waals surface area contributed by atoms with E-state index >= 15 is 0 Å². The van der Waals surface area contributed by atoms with E-state index in [9.17, 15) is 0 Å². The van der Waals surface area contributed by atoms with Gasteiger partial charge in [0.2, 0.25) is 0 Å². The Morgan fingerprint density at radius 3 is 3.00 bits per heavy atom. The number of thiazole rings is 1. The van der Waals surface area contributed by atoms with Gasteiger partial charge in [0.25, 0.3) is 0 Å². The van der Waals surface area contributed by atoms with E-state index in [1.54, 1.807) is 11.3 Å². The second-order valence-electron chi connectivity index (χ2n) is 6.92. The zero-order valence-electron chi connectivity index (χ0n) is 14.8. The summed E-state index contributed by atoms with van der Waals surface area (Å²) in [6.45, 7) is 6.10. The number of allylic oxidation sites excluding steroid dienone is 4. The number of rotatable bonds is 6. The van der Waals surface area contributed by atoms with Gasteiger partial charge in [0.1, 0.15) is 0 Å². The van der Waals surface area contributed by atoms with Gasteiger partial charge in [0.05, 0.1) is 17.9 Å². The van der Waals surface area contributed by atoms with Crippen molar-refractivity contribution in [1.29, 1.82) is 0 Å². The molecule has 0 spiro atoms. The molecule has 5 nitrogen and oxygen atoms in total. The van der Waals surface area contributed by atoms with Crippen molar-refractivity contribution < 1.29 is 4.74 Å². The minimum Gasteiger partial charge on any atom is -0.372 e. The Bertz CT molecular complexity index is 769. The summed E-state index contributed by atoms with van der Waals surface area (Å²) in [5.74, 6) is 0. The maximum absolute atomic E-state index is 5.82. The standard InChI is InChI=1S/C19H24N4OS/c1-14(2)24-17-12-22(13-17)19-20-11-18(25-19)10-15-5-3-6-16(9-15)23-8-4-7-21-23/h4,6-9,11,14,17H,3,5,10,12-13H2,1-2H3. The topological polar surface area (TPSA) is 43.2 Å². The molecule has 1 saturated heterocycles. The summed E-state index contributed by atoms with van der Waals surface area (Å²) in [5.41, 5.74) is 2.63. The summed E-state index contributed by atoms with van der Waals surface area (Å²) in [4.78, 5) is 8.26. The number of hydrogen-bond acceptors (Lipinski definition) is 5. The van der Waals surface area contributed by atoms with E-state index in [1.807, 2.05) is 29.3 Å². The lowest BCUT2D eigenvalue weighted by Gasteiger charge is -2.39. The van der Waals surface area contributed by atoms with Crippen molar-refractivity contribution in [2.24, 2.45) is 0 Å². The van der Waals surface area contributed by atoms with E-state index in [4.69, 9.17) is 4.74 Å². The van der Waals surface area contributed by atoms with Crippen molar-refractivity contribution in [1.82, 2.24) is 14.8 Å². The van der Waals surface area contributed by atoms with Crippen molar-refractivity contribution >= 4 is 22.2 Å². The average Bonchev–Trinajstić information content (AvgIpc) is 3.22. The third kappa shape index (κ3) is 3.85. The van der Waals surface area contributed by atoms with Crippen LogP contribution in [-0.4, -0.2) is 40.1 Å².